The number of rotatable bonds is 0. The Balaban J connectivity index is 2.98. The molecule has 0 fully saturated rings. The Hall–Kier alpha value is -1.27. The van der Waals surface area contributed by atoms with E-state index in [1.807, 2.05) is 36.0 Å². The van der Waals surface area contributed by atoms with E-state index in [0.29, 0.717) is 0 Å². The summed E-state index contributed by atoms with van der Waals surface area (Å²) in [6.45, 7) is 0. The van der Waals surface area contributed by atoms with E-state index in [0.717, 1.165) is 20.9 Å². The summed E-state index contributed by atoms with van der Waals surface area (Å²) in [7, 11) is 1.94. The van der Waals surface area contributed by atoms with Gasteiger partial charge in [-0.2, -0.15) is 5.26 Å². The van der Waals surface area contributed by atoms with Crippen molar-refractivity contribution in [1.82, 2.24) is 4.57 Å². The molecule has 0 spiro atoms. The molecule has 2 aromatic rings. The summed E-state index contributed by atoms with van der Waals surface area (Å²) in [4.78, 5) is 0. The average molecular weight is 235 g/mol. The van der Waals surface area contributed by atoms with Gasteiger partial charge in [0, 0.05) is 23.1 Å². The van der Waals surface area contributed by atoms with Crippen LogP contribution in [0, 0.1) is 11.3 Å². The molecule has 0 amide bonds. The minimum atomic E-state index is 0.721. The lowest BCUT2D eigenvalue weighted by atomic mass is 10.2. The summed E-state index contributed by atoms with van der Waals surface area (Å²) in [6, 6.07) is 8.05. The molecule has 3 heteroatoms. The number of para-hydroxylation sites is 1. The van der Waals surface area contributed by atoms with Crippen LogP contribution in [0.4, 0.5) is 0 Å². The van der Waals surface area contributed by atoms with Gasteiger partial charge in [-0.1, -0.05) is 12.1 Å². The van der Waals surface area contributed by atoms with E-state index in [4.69, 9.17) is 5.26 Å². The number of aromatic nitrogens is 1. The van der Waals surface area contributed by atoms with Crippen molar-refractivity contribution >= 4 is 26.8 Å². The summed E-state index contributed by atoms with van der Waals surface area (Å²) in [5.41, 5.74) is 1.79. The lowest BCUT2D eigenvalue weighted by Gasteiger charge is -1.97. The van der Waals surface area contributed by atoms with Crippen LogP contribution in [0.5, 0.6) is 0 Å². The average Bonchev–Trinajstić information content (AvgIpc) is 2.44. The van der Waals surface area contributed by atoms with Crippen LogP contribution in [0.15, 0.2) is 28.9 Å². The lowest BCUT2D eigenvalue weighted by molar-refractivity contribution is 0.965. The Kier molecular flexibility index (Phi) is 1.86. The topological polar surface area (TPSA) is 28.7 Å². The van der Waals surface area contributed by atoms with E-state index >= 15 is 0 Å². The van der Waals surface area contributed by atoms with Gasteiger partial charge < -0.3 is 4.57 Å². The van der Waals surface area contributed by atoms with Crippen molar-refractivity contribution in [1.29, 1.82) is 5.26 Å². The minimum absolute atomic E-state index is 0.721. The van der Waals surface area contributed by atoms with E-state index < -0.39 is 0 Å². The number of halogens is 1. The zero-order valence-corrected chi connectivity index (χ0v) is 8.67. The maximum absolute atomic E-state index is 8.86. The van der Waals surface area contributed by atoms with Crippen LogP contribution >= 0.6 is 15.9 Å². The molecule has 64 valence electrons. The Morgan fingerprint density at radius 1 is 1.46 bits per heavy atom. The number of aryl methyl sites for hydroxylation is 1. The minimum Gasteiger partial charge on any atom is -0.348 e. The smallest absolute Gasteiger partial charge is 0.101 e. The van der Waals surface area contributed by atoms with Gasteiger partial charge in [0.1, 0.15) is 6.07 Å². The summed E-state index contributed by atoms with van der Waals surface area (Å²) >= 11 is 3.46. The van der Waals surface area contributed by atoms with Crippen LogP contribution in [-0.4, -0.2) is 4.57 Å². The number of hydrogen-bond donors (Lipinski definition) is 0. The van der Waals surface area contributed by atoms with Crippen molar-refractivity contribution in [2.75, 3.05) is 0 Å². The standard InChI is InChI=1S/C10H7BrN2/c1-13-6-7(5-12)8-3-2-4-9(11)10(8)13/h2-4,6H,1H3. The maximum atomic E-state index is 8.86. The predicted octanol–water partition coefficient (Wildman–Crippen LogP) is 2.81. The van der Waals surface area contributed by atoms with Crippen molar-refractivity contribution in [2.45, 2.75) is 0 Å². The fourth-order valence-electron chi connectivity index (χ4n) is 1.51. The van der Waals surface area contributed by atoms with Crippen LogP contribution < -0.4 is 0 Å². The van der Waals surface area contributed by atoms with Crippen molar-refractivity contribution in [2.24, 2.45) is 7.05 Å². The van der Waals surface area contributed by atoms with Gasteiger partial charge in [-0.3, -0.25) is 0 Å². The first-order valence-corrected chi connectivity index (χ1v) is 4.67. The van der Waals surface area contributed by atoms with Crippen molar-refractivity contribution < 1.29 is 0 Å². The highest BCUT2D eigenvalue weighted by atomic mass is 79.9. The van der Waals surface area contributed by atoms with Crippen LogP contribution in [0.25, 0.3) is 10.9 Å². The first-order chi connectivity index (χ1) is 6.24. The van der Waals surface area contributed by atoms with Crippen molar-refractivity contribution in [3.05, 3.63) is 34.4 Å². The molecule has 0 saturated carbocycles. The molecule has 0 aliphatic rings. The van der Waals surface area contributed by atoms with Gasteiger partial charge in [-0.05, 0) is 22.0 Å². The number of fused-ring (bicyclic) bond motifs is 1. The van der Waals surface area contributed by atoms with Crippen LogP contribution in [0.1, 0.15) is 5.56 Å². The molecular formula is C10H7BrN2. The van der Waals surface area contributed by atoms with Gasteiger partial charge in [-0.25, -0.2) is 0 Å². The molecule has 0 radical (unpaired) electrons. The highest BCUT2D eigenvalue weighted by Crippen LogP contribution is 2.26. The Morgan fingerprint density at radius 2 is 2.23 bits per heavy atom. The van der Waals surface area contributed by atoms with Gasteiger partial charge in [0.25, 0.3) is 0 Å². The highest BCUT2D eigenvalue weighted by molar-refractivity contribution is 9.10. The molecular weight excluding hydrogens is 228 g/mol. The molecule has 0 unspecified atom stereocenters. The first-order valence-electron chi connectivity index (χ1n) is 3.87. The fourth-order valence-corrected chi connectivity index (χ4v) is 2.15. The third-order valence-corrected chi connectivity index (χ3v) is 2.71. The molecule has 2 nitrogen and oxygen atoms in total. The normalized spacial score (nSPS) is 10.2. The summed E-state index contributed by atoms with van der Waals surface area (Å²) in [5, 5.41) is 9.86. The van der Waals surface area contributed by atoms with Gasteiger partial charge in [-0.15, -0.1) is 0 Å². The highest BCUT2D eigenvalue weighted by Gasteiger charge is 2.07. The maximum Gasteiger partial charge on any atom is 0.101 e. The van der Waals surface area contributed by atoms with E-state index in [2.05, 4.69) is 22.0 Å². The molecule has 0 atom stereocenters. The van der Waals surface area contributed by atoms with Crippen LogP contribution in [-0.2, 0) is 7.05 Å². The van der Waals surface area contributed by atoms with Crippen LogP contribution in [0.2, 0.25) is 0 Å². The summed E-state index contributed by atoms with van der Waals surface area (Å²) in [6.07, 6.45) is 1.84. The van der Waals surface area contributed by atoms with Crippen molar-refractivity contribution in [3.63, 3.8) is 0 Å². The number of hydrogen-bond acceptors (Lipinski definition) is 1. The quantitative estimate of drug-likeness (QED) is 0.690. The molecule has 1 aromatic heterocycles. The zero-order chi connectivity index (χ0) is 9.42. The number of benzene rings is 1. The third-order valence-electron chi connectivity index (χ3n) is 2.07. The lowest BCUT2D eigenvalue weighted by Crippen LogP contribution is -1.83. The summed E-state index contributed by atoms with van der Waals surface area (Å²) < 4.78 is 2.98. The Bertz CT molecular complexity index is 505. The SMILES string of the molecule is Cn1cc(C#N)c2cccc(Br)c21. The van der Waals surface area contributed by atoms with Gasteiger partial charge in [0.2, 0.25) is 0 Å². The molecule has 2 rings (SSSR count). The van der Waals surface area contributed by atoms with Gasteiger partial charge in [0.15, 0.2) is 0 Å². The second-order valence-corrected chi connectivity index (χ2v) is 3.76. The zero-order valence-electron chi connectivity index (χ0n) is 7.08. The first kappa shape index (κ1) is 8.33. The third kappa shape index (κ3) is 1.14. The molecule has 0 bridgehead atoms. The summed E-state index contributed by atoms with van der Waals surface area (Å²) in [5.74, 6) is 0. The number of nitriles is 1. The molecule has 0 aliphatic heterocycles. The van der Waals surface area contributed by atoms with E-state index in [9.17, 15) is 0 Å². The van der Waals surface area contributed by atoms with Gasteiger partial charge in [0.05, 0.1) is 11.1 Å². The van der Waals surface area contributed by atoms with Crippen LogP contribution in [0.3, 0.4) is 0 Å². The molecule has 13 heavy (non-hydrogen) atoms. The molecule has 0 N–H and O–H groups in total. The Morgan fingerprint density at radius 3 is 2.92 bits per heavy atom. The molecule has 1 heterocycles. The fraction of sp³-hybridized carbons (Fsp3) is 0.100. The molecule has 0 saturated heterocycles. The number of nitrogens with zero attached hydrogens (tertiary/aromatic N) is 2. The second-order valence-electron chi connectivity index (χ2n) is 2.90. The van der Waals surface area contributed by atoms with E-state index in [-0.39, 0.29) is 0 Å². The van der Waals surface area contributed by atoms with E-state index in [1.165, 1.54) is 0 Å². The molecule has 1 aromatic carbocycles. The van der Waals surface area contributed by atoms with Gasteiger partial charge >= 0.3 is 0 Å². The van der Waals surface area contributed by atoms with E-state index in [1.54, 1.807) is 0 Å². The van der Waals surface area contributed by atoms with Crippen molar-refractivity contribution in [3.8, 4) is 6.07 Å². The largest absolute Gasteiger partial charge is 0.348 e. The predicted molar refractivity (Wildman–Crippen MR) is 55.3 cm³/mol. The Labute approximate surface area is 84.5 Å². The second kappa shape index (κ2) is 2.90. The monoisotopic (exact) mass is 234 g/mol. The molecule has 0 aliphatic carbocycles.